The predicted octanol–water partition coefficient (Wildman–Crippen LogP) is 4.63. The first kappa shape index (κ1) is 21.0. The molecule has 1 amide bonds. The molecule has 2 aromatic carbocycles. The van der Waals surface area contributed by atoms with E-state index < -0.39 is 18.1 Å². The molecule has 1 atom stereocenters. The molecular weight excluding hydrogens is 420 g/mol. The van der Waals surface area contributed by atoms with Crippen molar-refractivity contribution in [2.24, 2.45) is 0 Å². The Morgan fingerprint density at radius 2 is 1.67 bits per heavy atom. The third-order valence-corrected chi connectivity index (χ3v) is 6.28. The van der Waals surface area contributed by atoms with Gasteiger partial charge in [0, 0.05) is 29.8 Å². The maximum atomic E-state index is 13.2. The molecule has 2 aliphatic rings. The quantitative estimate of drug-likeness (QED) is 0.572. The number of hydrogen-bond donors (Lipinski definition) is 1. The van der Waals surface area contributed by atoms with Crippen molar-refractivity contribution in [3.63, 3.8) is 0 Å². The number of aliphatic carboxylic acids is 1. The molecule has 3 aromatic rings. The molecule has 33 heavy (non-hydrogen) atoms. The molecule has 1 unspecified atom stereocenters. The highest BCUT2D eigenvalue weighted by molar-refractivity contribution is 5.82. The molecule has 0 aliphatic heterocycles. The molecule has 1 N–H and O–H groups in total. The number of methoxy groups -OCH3 is 1. The van der Waals surface area contributed by atoms with Crippen molar-refractivity contribution in [2.45, 2.75) is 30.8 Å². The minimum Gasteiger partial charge on any atom is -0.481 e. The van der Waals surface area contributed by atoms with E-state index in [1.165, 1.54) is 18.2 Å². The molecule has 0 saturated heterocycles. The Kier molecular flexibility index (Phi) is 5.46. The number of pyridine rings is 1. The van der Waals surface area contributed by atoms with Crippen LogP contribution in [0.3, 0.4) is 0 Å². The van der Waals surface area contributed by atoms with Crippen LogP contribution in [0.1, 0.15) is 41.5 Å². The van der Waals surface area contributed by atoms with Crippen LogP contribution in [0.5, 0.6) is 5.88 Å². The largest absolute Gasteiger partial charge is 0.481 e. The first-order valence-corrected chi connectivity index (χ1v) is 10.9. The van der Waals surface area contributed by atoms with Gasteiger partial charge in [-0.1, -0.05) is 48.5 Å². The van der Waals surface area contributed by atoms with Gasteiger partial charge in [0.2, 0.25) is 5.88 Å². The summed E-state index contributed by atoms with van der Waals surface area (Å²) in [6.07, 6.45) is 2.31. The van der Waals surface area contributed by atoms with Crippen LogP contribution in [0, 0.1) is 0 Å². The smallest absolute Gasteiger partial charge is 0.411 e. The molecular formula is C26H24N2O5. The SMILES string of the molecule is COc1ccc(C(C(=O)O)N(C(=O)OCC2c3ccccc3-c3ccccc32)C2CC2)cn1. The molecule has 0 spiro atoms. The molecule has 1 aromatic heterocycles. The van der Waals surface area contributed by atoms with Crippen molar-refractivity contribution >= 4 is 12.1 Å². The third-order valence-electron chi connectivity index (χ3n) is 6.28. The lowest BCUT2D eigenvalue weighted by molar-refractivity contribution is -0.143. The molecule has 5 rings (SSSR count). The van der Waals surface area contributed by atoms with Crippen LogP contribution in [0.25, 0.3) is 11.1 Å². The van der Waals surface area contributed by atoms with Crippen molar-refractivity contribution in [1.82, 2.24) is 9.88 Å². The highest BCUT2D eigenvalue weighted by atomic mass is 16.6. The van der Waals surface area contributed by atoms with E-state index in [1.54, 1.807) is 12.1 Å². The number of aromatic nitrogens is 1. The van der Waals surface area contributed by atoms with Gasteiger partial charge in [-0.2, -0.15) is 0 Å². The zero-order valence-electron chi connectivity index (χ0n) is 18.2. The summed E-state index contributed by atoms with van der Waals surface area (Å²) in [5.74, 6) is -0.835. The normalized spacial score (nSPS) is 15.3. The van der Waals surface area contributed by atoms with Crippen molar-refractivity contribution in [1.29, 1.82) is 0 Å². The van der Waals surface area contributed by atoms with E-state index in [-0.39, 0.29) is 18.6 Å². The number of nitrogens with zero attached hydrogens (tertiary/aromatic N) is 2. The van der Waals surface area contributed by atoms with Crippen LogP contribution in [0.4, 0.5) is 4.79 Å². The number of ether oxygens (including phenoxy) is 2. The molecule has 7 heteroatoms. The Morgan fingerprint density at radius 1 is 1.03 bits per heavy atom. The van der Waals surface area contributed by atoms with E-state index in [2.05, 4.69) is 29.2 Å². The van der Waals surface area contributed by atoms with Gasteiger partial charge in [-0.15, -0.1) is 0 Å². The Morgan fingerprint density at radius 3 is 2.18 bits per heavy atom. The van der Waals surface area contributed by atoms with Crippen molar-refractivity contribution in [3.05, 3.63) is 83.6 Å². The number of benzene rings is 2. The van der Waals surface area contributed by atoms with Crippen molar-refractivity contribution in [2.75, 3.05) is 13.7 Å². The maximum absolute atomic E-state index is 13.2. The van der Waals surface area contributed by atoms with E-state index in [4.69, 9.17) is 9.47 Å². The highest BCUT2D eigenvalue weighted by Gasteiger charge is 2.43. The molecule has 7 nitrogen and oxygen atoms in total. The predicted molar refractivity (Wildman–Crippen MR) is 121 cm³/mol. The lowest BCUT2D eigenvalue weighted by atomic mass is 9.98. The lowest BCUT2D eigenvalue weighted by Gasteiger charge is -2.29. The van der Waals surface area contributed by atoms with Gasteiger partial charge in [0.25, 0.3) is 0 Å². The van der Waals surface area contributed by atoms with Gasteiger partial charge in [-0.05, 0) is 41.2 Å². The van der Waals surface area contributed by atoms with Gasteiger partial charge >= 0.3 is 12.1 Å². The highest BCUT2D eigenvalue weighted by Crippen LogP contribution is 2.45. The number of hydrogen-bond acceptors (Lipinski definition) is 5. The summed E-state index contributed by atoms with van der Waals surface area (Å²) in [6.45, 7) is 0.142. The number of carbonyl (C=O) groups excluding carboxylic acids is 1. The number of rotatable bonds is 7. The molecule has 1 saturated carbocycles. The molecule has 0 radical (unpaired) electrons. The van der Waals surface area contributed by atoms with Gasteiger partial charge in [0.15, 0.2) is 6.04 Å². The second kappa shape index (κ2) is 8.58. The first-order valence-electron chi connectivity index (χ1n) is 10.9. The lowest BCUT2D eigenvalue weighted by Crippen LogP contribution is -2.41. The third kappa shape index (κ3) is 3.91. The molecule has 0 bridgehead atoms. The number of carbonyl (C=O) groups is 2. The first-order chi connectivity index (χ1) is 16.1. The summed E-state index contributed by atoms with van der Waals surface area (Å²) in [6, 6.07) is 18.1. The zero-order chi connectivity index (χ0) is 22.9. The Balaban J connectivity index is 1.39. The minimum atomic E-state index is -1.17. The minimum absolute atomic E-state index is 0.0895. The van der Waals surface area contributed by atoms with Crippen LogP contribution >= 0.6 is 0 Å². The number of amides is 1. The number of fused-ring (bicyclic) bond motifs is 3. The Labute approximate surface area is 191 Å². The fourth-order valence-corrected chi connectivity index (χ4v) is 4.58. The summed E-state index contributed by atoms with van der Waals surface area (Å²) < 4.78 is 10.8. The van der Waals surface area contributed by atoms with Gasteiger partial charge < -0.3 is 14.6 Å². The second-order valence-electron chi connectivity index (χ2n) is 8.32. The fraction of sp³-hybridized carbons (Fsp3) is 0.269. The van der Waals surface area contributed by atoms with E-state index in [0.717, 1.165) is 35.1 Å². The topological polar surface area (TPSA) is 89.0 Å². The second-order valence-corrected chi connectivity index (χ2v) is 8.32. The van der Waals surface area contributed by atoms with Crippen LogP contribution < -0.4 is 4.74 Å². The summed E-state index contributed by atoms with van der Waals surface area (Å²) in [5, 5.41) is 9.98. The number of carboxylic acid groups (broad SMARTS) is 1. The van der Waals surface area contributed by atoms with Gasteiger partial charge in [0.05, 0.1) is 7.11 Å². The summed E-state index contributed by atoms with van der Waals surface area (Å²) in [7, 11) is 1.49. The molecule has 168 valence electrons. The summed E-state index contributed by atoms with van der Waals surface area (Å²) >= 11 is 0. The Hall–Kier alpha value is -3.87. The van der Waals surface area contributed by atoms with Crippen LogP contribution in [0.2, 0.25) is 0 Å². The van der Waals surface area contributed by atoms with E-state index >= 15 is 0 Å². The van der Waals surface area contributed by atoms with Gasteiger partial charge in [0.1, 0.15) is 6.61 Å². The fourth-order valence-electron chi connectivity index (χ4n) is 4.58. The van der Waals surface area contributed by atoms with E-state index in [0.29, 0.717) is 11.4 Å². The summed E-state index contributed by atoms with van der Waals surface area (Å²) in [4.78, 5) is 30.9. The van der Waals surface area contributed by atoms with Gasteiger partial charge in [-0.25, -0.2) is 14.6 Å². The van der Waals surface area contributed by atoms with Crippen LogP contribution in [-0.4, -0.2) is 46.8 Å². The number of carboxylic acids is 1. The van der Waals surface area contributed by atoms with Crippen molar-refractivity contribution in [3.8, 4) is 17.0 Å². The maximum Gasteiger partial charge on any atom is 0.411 e. The van der Waals surface area contributed by atoms with Crippen LogP contribution in [-0.2, 0) is 9.53 Å². The average Bonchev–Trinajstić information content (AvgIpc) is 3.63. The van der Waals surface area contributed by atoms with Crippen molar-refractivity contribution < 1.29 is 24.2 Å². The molecule has 1 fully saturated rings. The van der Waals surface area contributed by atoms with Gasteiger partial charge in [-0.3, -0.25) is 4.90 Å². The van der Waals surface area contributed by atoms with E-state index in [9.17, 15) is 14.7 Å². The standard InChI is InChI=1S/C26H24N2O5/c1-32-23-13-10-16(14-27-23)24(25(29)30)28(17-11-12-17)26(31)33-15-22-20-8-4-2-6-18(20)19-7-3-5-9-21(19)22/h2-10,13-14,17,22,24H,11-12,15H2,1H3,(H,29,30). The average molecular weight is 444 g/mol. The molecule has 2 aliphatic carbocycles. The Bertz CT molecular complexity index is 1140. The van der Waals surface area contributed by atoms with Crippen LogP contribution in [0.15, 0.2) is 66.9 Å². The molecule has 1 heterocycles. The van der Waals surface area contributed by atoms with E-state index in [1.807, 2.05) is 24.3 Å². The monoisotopic (exact) mass is 444 g/mol. The zero-order valence-corrected chi connectivity index (χ0v) is 18.2. The summed E-state index contributed by atoms with van der Waals surface area (Å²) in [5.41, 5.74) is 4.91.